The van der Waals surface area contributed by atoms with Gasteiger partial charge in [0.15, 0.2) is 16.8 Å². The molecule has 0 spiro atoms. The average Bonchev–Trinajstić information content (AvgIpc) is 3.22. The molecule has 0 amide bonds. The van der Waals surface area contributed by atoms with E-state index in [-0.39, 0.29) is 12.5 Å². The number of hydrogen-bond acceptors (Lipinski definition) is 5. The Morgan fingerprint density at radius 3 is 2.71 bits per heavy atom. The van der Waals surface area contributed by atoms with Crippen molar-refractivity contribution >= 4 is 22.4 Å². The molecule has 0 unspecified atom stereocenters. The molecule has 2 aromatic rings. The van der Waals surface area contributed by atoms with Gasteiger partial charge in [0, 0.05) is 35.9 Å². The van der Waals surface area contributed by atoms with Crippen LogP contribution in [0.1, 0.15) is 32.1 Å². The van der Waals surface area contributed by atoms with Crippen molar-refractivity contribution < 1.29 is 18.7 Å². The summed E-state index contributed by atoms with van der Waals surface area (Å²) in [5.74, 6) is -2.89. The van der Waals surface area contributed by atoms with Crippen molar-refractivity contribution in [3.05, 3.63) is 35.2 Å². The van der Waals surface area contributed by atoms with Crippen LogP contribution in [-0.2, 0) is 4.79 Å². The van der Waals surface area contributed by atoms with Crippen LogP contribution < -0.4 is 10.0 Å². The standard InChI is InChI=1S/C17H18F2N2O2S/c18-13-6-5-11(9-14(13)19)15-10-24-17(20-15)21(8-7-16(22)23)12-3-1-2-4-12/h5-6,9-10,12H,1-4,7-8H2,(H,22,23)/p-1. The minimum atomic E-state index is -1.09. The number of anilines is 1. The van der Waals surface area contributed by atoms with Gasteiger partial charge in [0.25, 0.3) is 0 Å². The van der Waals surface area contributed by atoms with Crippen molar-refractivity contribution in [1.29, 1.82) is 0 Å². The van der Waals surface area contributed by atoms with Gasteiger partial charge in [-0.2, -0.15) is 0 Å². The Kier molecular flexibility index (Phi) is 5.08. The average molecular weight is 351 g/mol. The van der Waals surface area contributed by atoms with Crippen LogP contribution in [0, 0.1) is 11.6 Å². The fourth-order valence-corrected chi connectivity index (χ4v) is 3.98. The van der Waals surface area contributed by atoms with E-state index in [1.54, 1.807) is 5.38 Å². The Morgan fingerprint density at radius 2 is 2.04 bits per heavy atom. The molecule has 24 heavy (non-hydrogen) atoms. The number of carbonyl (C=O) groups excluding carboxylic acids is 1. The number of benzene rings is 1. The van der Waals surface area contributed by atoms with Gasteiger partial charge in [-0.25, -0.2) is 13.8 Å². The first kappa shape index (κ1) is 16.8. The molecule has 7 heteroatoms. The Labute approximate surface area is 142 Å². The second-order valence-electron chi connectivity index (χ2n) is 5.90. The van der Waals surface area contributed by atoms with Gasteiger partial charge in [-0.1, -0.05) is 12.8 Å². The lowest BCUT2D eigenvalue weighted by molar-refractivity contribution is -0.305. The van der Waals surface area contributed by atoms with Crippen molar-refractivity contribution in [1.82, 2.24) is 4.98 Å². The van der Waals surface area contributed by atoms with E-state index in [1.807, 2.05) is 4.90 Å². The molecule has 0 saturated heterocycles. The number of carboxylic acid groups (broad SMARTS) is 1. The third-order valence-corrected chi connectivity index (χ3v) is 5.15. The SMILES string of the molecule is O=C([O-])CCN(c1nc(-c2ccc(F)c(F)c2)cs1)C1CCCC1. The van der Waals surface area contributed by atoms with Crippen molar-refractivity contribution in [2.45, 2.75) is 38.1 Å². The highest BCUT2D eigenvalue weighted by molar-refractivity contribution is 7.14. The maximum Gasteiger partial charge on any atom is 0.186 e. The third-order valence-electron chi connectivity index (χ3n) is 4.28. The summed E-state index contributed by atoms with van der Waals surface area (Å²) >= 11 is 1.39. The molecule has 3 rings (SSSR count). The van der Waals surface area contributed by atoms with E-state index in [2.05, 4.69) is 4.98 Å². The summed E-state index contributed by atoms with van der Waals surface area (Å²) in [6.45, 7) is 0.345. The normalized spacial score (nSPS) is 14.9. The first-order chi connectivity index (χ1) is 11.5. The number of halogens is 2. The predicted octanol–water partition coefficient (Wildman–Crippen LogP) is 2.98. The maximum absolute atomic E-state index is 13.4. The van der Waals surface area contributed by atoms with Gasteiger partial charge < -0.3 is 14.8 Å². The Hall–Kier alpha value is -2.02. The van der Waals surface area contributed by atoms with Gasteiger partial charge in [-0.05, 0) is 31.0 Å². The van der Waals surface area contributed by atoms with Crippen LogP contribution in [0.2, 0.25) is 0 Å². The second-order valence-corrected chi connectivity index (χ2v) is 6.73. The van der Waals surface area contributed by atoms with E-state index >= 15 is 0 Å². The van der Waals surface area contributed by atoms with Gasteiger partial charge in [0.05, 0.1) is 5.69 Å². The van der Waals surface area contributed by atoms with Crippen molar-refractivity contribution in [3.8, 4) is 11.3 Å². The number of thiazole rings is 1. The molecule has 1 aliphatic rings. The van der Waals surface area contributed by atoms with Crippen molar-refractivity contribution in [2.24, 2.45) is 0 Å². The summed E-state index contributed by atoms with van der Waals surface area (Å²) < 4.78 is 26.5. The largest absolute Gasteiger partial charge is 0.550 e. The molecule has 0 N–H and O–H groups in total. The monoisotopic (exact) mass is 351 g/mol. The molecular formula is C17H17F2N2O2S-. The maximum atomic E-state index is 13.4. The number of nitrogens with zero attached hydrogens (tertiary/aromatic N) is 2. The van der Waals surface area contributed by atoms with E-state index in [0.29, 0.717) is 22.9 Å². The summed E-state index contributed by atoms with van der Waals surface area (Å²) in [4.78, 5) is 17.3. The second kappa shape index (κ2) is 7.25. The quantitative estimate of drug-likeness (QED) is 0.803. The molecule has 0 atom stereocenters. The fourth-order valence-electron chi connectivity index (χ4n) is 3.05. The zero-order valence-electron chi connectivity index (χ0n) is 13.0. The van der Waals surface area contributed by atoms with Crippen LogP contribution in [0.5, 0.6) is 0 Å². The smallest absolute Gasteiger partial charge is 0.186 e. The number of hydrogen-bond donors (Lipinski definition) is 0. The Morgan fingerprint density at radius 1 is 1.29 bits per heavy atom. The number of rotatable bonds is 6. The van der Waals surface area contributed by atoms with Crippen LogP contribution >= 0.6 is 11.3 Å². The first-order valence-electron chi connectivity index (χ1n) is 7.92. The lowest BCUT2D eigenvalue weighted by atomic mass is 10.1. The van der Waals surface area contributed by atoms with E-state index in [1.165, 1.54) is 17.4 Å². The zero-order chi connectivity index (χ0) is 17.1. The molecule has 0 bridgehead atoms. The number of carbonyl (C=O) groups is 1. The number of aromatic nitrogens is 1. The number of aliphatic carboxylic acids is 1. The Balaban J connectivity index is 1.84. The van der Waals surface area contributed by atoms with Gasteiger partial charge in [0.1, 0.15) is 0 Å². The van der Waals surface area contributed by atoms with E-state index in [9.17, 15) is 18.7 Å². The van der Waals surface area contributed by atoms with Crippen LogP contribution in [0.3, 0.4) is 0 Å². The fraction of sp³-hybridized carbons (Fsp3) is 0.412. The predicted molar refractivity (Wildman–Crippen MR) is 86.7 cm³/mol. The molecule has 0 radical (unpaired) electrons. The molecular weight excluding hydrogens is 334 g/mol. The summed E-state index contributed by atoms with van der Waals surface area (Å²) in [7, 11) is 0. The molecule has 1 aromatic carbocycles. The molecule has 4 nitrogen and oxygen atoms in total. The van der Waals surface area contributed by atoms with Crippen LogP contribution in [0.15, 0.2) is 23.6 Å². The lowest BCUT2D eigenvalue weighted by Crippen LogP contribution is -2.37. The molecule has 128 valence electrons. The van der Waals surface area contributed by atoms with Gasteiger partial charge >= 0.3 is 0 Å². The van der Waals surface area contributed by atoms with Crippen molar-refractivity contribution in [3.63, 3.8) is 0 Å². The molecule has 1 aliphatic carbocycles. The summed E-state index contributed by atoms with van der Waals surface area (Å²) in [5.41, 5.74) is 1.06. The summed E-state index contributed by atoms with van der Waals surface area (Å²) in [6, 6.07) is 3.95. The van der Waals surface area contributed by atoms with Gasteiger partial charge in [-0.3, -0.25) is 0 Å². The number of carboxylic acids is 1. The first-order valence-corrected chi connectivity index (χ1v) is 8.80. The highest BCUT2D eigenvalue weighted by Gasteiger charge is 2.25. The highest BCUT2D eigenvalue weighted by atomic mass is 32.1. The molecule has 1 saturated carbocycles. The molecule has 1 aromatic heterocycles. The van der Waals surface area contributed by atoms with Gasteiger partial charge in [0.2, 0.25) is 0 Å². The minimum absolute atomic E-state index is 0.0589. The lowest BCUT2D eigenvalue weighted by Gasteiger charge is -2.28. The third kappa shape index (κ3) is 3.72. The summed E-state index contributed by atoms with van der Waals surface area (Å²) in [6.07, 6.45) is 4.19. The van der Waals surface area contributed by atoms with E-state index < -0.39 is 17.6 Å². The van der Waals surface area contributed by atoms with Crippen LogP contribution in [-0.4, -0.2) is 23.5 Å². The molecule has 1 heterocycles. The van der Waals surface area contributed by atoms with Gasteiger partial charge in [-0.15, -0.1) is 11.3 Å². The minimum Gasteiger partial charge on any atom is -0.550 e. The molecule has 1 fully saturated rings. The van der Waals surface area contributed by atoms with Crippen molar-refractivity contribution in [2.75, 3.05) is 11.4 Å². The highest BCUT2D eigenvalue weighted by Crippen LogP contribution is 2.33. The summed E-state index contributed by atoms with van der Waals surface area (Å²) in [5, 5.41) is 13.3. The van der Waals surface area contributed by atoms with E-state index in [4.69, 9.17) is 0 Å². The topological polar surface area (TPSA) is 56.3 Å². The van der Waals surface area contributed by atoms with Crippen LogP contribution in [0.25, 0.3) is 11.3 Å². The van der Waals surface area contributed by atoms with Crippen LogP contribution in [0.4, 0.5) is 13.9 Å². The molecule has 0 aliphatic heterocycles. The zero-order valence-corrected chi connectivity index (χ0v) is 13.8. The Bertz CT molecular complexity index is 729. The van der Waals surface area contributed by atoms with E-state index in [0.717, 1.165) is 37.8 Å².